The lowest BCUT2D eigenvalue weighted by atomic mass is 9.37. The summed E-state index contributed by atoms with van der Waals surface area (Å²) in [6.07, 6.45) is 7.05. The SMILES string of the molecule is OC(CCNC12CC(c3ccncc3)(C1)C2)c1ccc(Cl)c(F)c1. The van der Waals surface area contributed by atoms with Crippen LogP contribution in [0, 0.1) is 5.82 Å². The Morgan fingerprint density at radius 3 is 2.58 bits per heavy atom. The topological polar surface area (TPSA) is 45.1 Å². The Hall–Kier alpha value is -1.49. The van der Waals surface area contributed by atoms with Crippen LogP contribution < -0.4 is 5.32 Å². The summed E-state index contributed by atoms with van der Waals surface area (Å²) in [5, 5.41) is 13.9. The van der Waals surface area contributed by atoms with Gasteiger partial charge in [0.2, 0.25) is 0 Å². The molecule has 2 N–H and O–H groups in total. The molecule has 3 saturated carbocycles. The summed E-state index contributed by atoms with van der Waals surface area (Å²) < 4.78 is 13.5. The normalized spacial score (nSPS) is 28.8. The van der Waals surface area contributed by atoms with E-state index in [4.69, 9.17) is 11.6 Å². The van der Waals surface area contributed by atoms with Gasteiger partial charge in [0.25, 0.3) is 0 Å². The van der Waals surface area contributed by atoms with E-state index >= 15 is 0 Å². The summed E-state index contributed by atoms with van der Waals surface area (Å²) in [6.45, 7) is 0.720. The Morgan fingerprint density at radius 1 is 1.21 bits per heavy atom. The van der Waals surface area contributed by atoms with Crippen molar-refractivity contribution in [1.29, 1.82) is 0 Å². The van der Waals surface area contributed by atoms with Gasteiger partial charge in [-0.15, -0.1) is 0 Å². The molecular formula is C19H20ClFN2O. The number of nitrogens with zero attached hydrogens (tertiary/aromatic N) is 1. The molecule has 1 aromatic heterocycles. The molecule has 3 fully saturated rings. The van der Waals surface area contributed by atoms with Crippen LogP contribution in [0.4, 0.5) is 4.39 Å². The number of rotatable bonds is 6. The molecule has 3 aliphatic carbocycles. The Labute approximate surface area is 145 Å². The molecule has 0 radical (unpaired) electrons. The van der Waals surface area contributed by atoms with Crippen LogP contribution >= 0.6 is 11.6 Å². The standard InChI is InChI=1S/C19H20ClFN2O/c20-15-2-1-13(9-16(15)21)17(24)5-8-23-19-10-18(11-19,12-19)14-3-6-22-7-4-14/h1-4,6-7,9,17,23-24H,5,8,10-12H2. The van der Waals surface area contributed by atoms with Gasteiger partial charge in [-0.25, -0.2) is 4.39 Å². The molecule has 0 saturated heterocycles. The van der Waals surface area contributed by atoms with E-state index in [0.29, 0.717) is 17.4 Å². The van der Waals surface area contributed by atoms with Crippen molar-refractivity contribution >= 4 is 11.6 Å². The highest BCUT2D eigenvalue weighted by molar-refractivity contribution is 6.30. The van der Waals surface area contributed by atoms with Gasteiger partial charge in [-0.1, -0.05) is 17.7 Å². The smallest absolute Gasteiger partial charge is 0.142 e. The van der Waals surface area contributed by atoms with Gasteiger partial charge in [0.1, 0.15) is 5.82 Å². The third kappa shape index (κ3) is 2.63. The van der Waals surface area contributed by atoms with E-state index in [2.05, 4.69) is 22.4 Å². The summed E-state index contributed by atoms with van der Waals surface area (Å²) in [6, 6.07) is 8.70. The first-order chi connectivity index (χ1) is 11.5. The predicted octanol–water partition coefficient (Wildman–Crippen LogP) is 3.76. The lowest BCUT2D eigenvalue weighted by Crippen LogP contribution is -2.76. The third-order valence-corrected chi connectivity index (χ3v) is 5.88. The average Bonchev–Trinajstić information content (AvgIpc) is 2.51. The van der Waals surface area contributed by atoms with E-state index in [9.17, 15) is 9.50 Å². The van der Waals surface area contributed by atoms with Crippen LogP contribution in [0.3, 0.4) is 0 Å². The molecular weight excluding hydrogens is 327 g/mol. The van der Waals surface area contributed by atoms with Gasteiger partial charge in [-0.05, 0) is 67.6 Å². The zero-order valence-corrected chi connectivity index (χ0v) is 14.1. The molecule has 126 valence electrons. The van der Waals surface area contributed by atoms with Crippen LogP contribution in [0.2, 0.25) is 5.02 Å². The van der Waals surface area contributed by atoms with Crippen LogP contribution in [0.5, 0.6) is 0 Å². The largest absolute Gasteiger partial charge is 0.388 e. The Morgan fingerprint density at radius 2 is 1.92 bits per heavy atom. The van der Waals surface area contributed by atoms with Crippen molar-refractivity contribution in [2.45, 2.75) is 42.7 Å². The summed E-state index contributed by atoms with van der Waals surface area (Å²) in [5.41, 5.74) is 2.53. The molecule has 1 aromatic carbocycles. The van der Waals surface area contributed by atoms with Crippen LogP contribution in [0.1, 0.15) is 42.9 Å². The lowest BCUT2D eigenvalue weighted by molar-refractivity contribution is -0.0890. The number of aliphatic hydroxyl groups excluding tert-OH is 1. The van der Waals surface area contributed by atoms with Crippen molar-refractivity contribution < 1.29 is 9.50 Å². The first kappa shape index (κ1) is 16.0. The summed E-state index contributed by atoms with van der Waals surface area (Å²) in [5.74, 6) is -0.486. The van der Waals surface area contributed by atoms with Gasteiger partial charge in [0.05, 0.1) is 11.1 Å². The second-order valence-corrected chi connectivity index (χ2v) is 7.64. The number of aliphatic hydroxyl groups is 1. The first-order valence-corrected chi connectivity index (χ1v) is 8.68. The predicted molar refractivity (Wildman–Crippen MR) is 91.5 cm³/mol. The van der Waals surface area contributed by atoms with Crippen molar-refractivity contribution in [2.24, 2.45) is 0 Å². The highest BCUT2D eigenvalue weighted by Crippen LogP contribution is 2.67. The zero-order chi connectivity index (χ0) is 16.8. The molecule has 24 heavy (non-hydrogen) atoms. The molecule has 5 heteroatoms. The molecule has 1 unspecified atom stereocenters. The van der Waals surface area contributed by atoms with Gasteiger partial charge in [0.15, 0.2) is 0 Å². The van der Waals surface area contributed by atoms with Gasteiger partial charge in [-0.3, -0.25) is 4.98 Å². The molecule has 5 rings (SSSR count). The summed E-state index contributed by atoms with van der Waals surface area (Å²) in [7, 11) is 0. The minimum atomic E-state index is -0.675. The Kier molecular flexibility index (Phi) is 3.87. The van der Waals surface area contributed by atoms with E-state index in [1.807, 2.05) is 12.4 Å². The number of hydrogen-bond donors (Lipinski definition) is 2. The van der Waals surface area contributed by atoms with Crippen LogP contribution in [-0.4, -0.2) is 22.2 Å². The number of benzene rings is 1. The van der Waals surface area contributed by atoms with Crippen molar-refractivity contribution in [3.63, 3.8) is 0 Å². The second kappa shape index (κ2) is 5.80. The van der Waals surface area contributed by atoms with Gasteiger partial charge >= 0.3 is 0 Å². The molecule has 0 amide bonds. The number of halogens is 2. The molecule has 3 aliphatic rings. The number of aromatic nitrogens is 1. The van der Waals surface area contributed by atoms with E-state index in [-0.39, 0.29) is 10.6 Å². The maximum atomic E-state index is 13.5. The quantitative estimate of drug-likeness (QED) is 0.837. The Balaban J connectivity index is 1.27. The number of pyridine rings is 1. The number of hydrogen-bond acceptors (Lipinski definition) is 3. The maximum absolute atomic E-state index is 13.5. The highest BCUT2D eigenvalue weighted by atomic mass is 35.5. The van der Waals surface area contributed by atoms with Gasteiger partial charge in [0, 0.05) is 23.3 Å². The fraction of sp³-hybridized carbons (Fsp3) is 0.421. The molecule has 2 bridgehead atoms. The molecule has 1 atom stereocenters. The monoisotopic (exact) mass is 346 g/mol. The minimum absolute atomic E-state index is 0.0827. The van der Waals surface area contributed by atoms with Crippen LogP contribution in [0.15, 0.2) is 42.7 Å². The third-order valence-electron chi connectivity index (χ3n) is 5.57. The fourth-order valence-electron chi connectivity index (χ4n) is 4.35. The summed E-state index contributed by atoms with van der Waals surface area (Å²) >= 11 is 5.67. The number of nitrogens with one attached hydrogen (secondary N) is 1. The van der Waals surface area contributed by atoms with Crippen LogP contribution in [-0.2, 0) is 5.41 Å². The van der Waals surface area contributed by atoms with Gasteiger partial charge in [-0.2, -0.15) is 0 Å². The average molecular weight is 347 g/mol. The molecule has 2 aromatic rings. The van der Waals surface area contributed by atoms with E-state index in [1.165, 1.54) is 17.7 Å². The molecule has 0 aliphatic heterocycles. The molecule has 1 heterocycles. The van der Waals surface area contributed by atoms with Crippen molar-refractivity contribution in [3.05, 3.63) is 64.7 Å². The van der Waals surface area contributed by atoms with Gasteiger partial charge < -0.3 is 10.4 Å². The minimum Gasteiger partial charge on any atom is -0.388 e. The van der Waals surface area contributed by atoms with E-state index in [1.54, 1.807) is 6.07 Å². The molecule has 0 spiro atoms. The Bertz CT molecular complexity index is 733. The van der Waals surface area contributed by atoms with Crippen molar-refractivity contribution in [2.75, 3.05) is 6.54 Å². The maximum Gasteiger partial charge on any atom is 0.142 e. The van der Waals surface area contributed by atoms with E-state index in [0.717, 1.165) is 25.8 Å². The summed E-state index contributed by atoms with van der Waals surface area (Å²) in [4.78, 5) is 4.08. The fourth-order valence-corrected chi connectivity index (χ4v) is 4.46. The van der Waals surface area contributed by atoms with Crippen molar-refractivity contribution in [1.82, 2.24) is 10.3 Å². The lowest BCUT2D eigenvalue weighted by Gasteiger charge is -2.71. The zero-order valence-electron chi connectivity index (χ0n) is 13.3. The highest BCUT2D eigenvalue weighted by Gasteiger charge is 2.67. The van der Waals surface area contributed by atoms with Crippen molar-refractivity contribution in [3.8, 4) is 0 Å². The first-order valence-electron chi connectivity index (χ1n) is 8.31. The molecule has 3 nitrogen and oxygen atoms in total. The van der Waals surface area contributed by atoms with E-state index < -0.39 is 11.9 Å². The van der Waals surface area contributed by atoms with Crippen LogP contribution in [0.25, 0.3) is 0 Å². The second-order valence-electron chi connectivity index (χ2n) is 7.23.